The summed E-state index contributed by atoms with van der Waals surface area (Å²) < 4.78 is 52.5. The summed E-state index contributed by atoms with van der Waals surface area (Å²) in [5.41, 5.74) is 0. The van der Waals surface area contributed by atoms with Crippen LogP contribution in [0, 0.1) is 5.82 Å². The Balaban J connectivity index is 0.000000257. The number of fused-ring (bicyclic) bond motifs is 2. The standard InChI is InChI=1S/C12H7FS2.BF4/c13-8-4-3-7-11-12(8)15-10-6-2-1-5-9(10)14-11;2-1(3,4)5/h1-7H;/q;-1. The summed E-state index contributed by atoms with van der Waals surface area (Å²) in [5.74, 6) is -0.125. The van der Waals surface area contributed by atoms with Crippen LogP contribution >= 0.6 is 23.5 Å². The Morgan fingerprint density at radius 2 is 1.20 bits per heavy atom. The van der Waals surface area contributed by atoms with Crippen LogP contribution in [0.25, 0.3) is 0 Å². The third-order valence-electron chi connectivity index (χ3n) is 2.21. The SMILES string of the molecule is F[B-](F)(F)F.Fc1cccc2c1Sc1ccccc1S2. The minimum absolute atomic E-state index is 0.125. The molecule has 0 fully saturated rings. The van der Waals surface area contributed by atoms with Crippen molar-refractivity contribution in [2.24, 2.45) is 0 Å². The maximum atomic E-state index is 13.5. The lowest BCUT2D eigenvalue weighted by atomic mass is 10.3. The van der Waals surface area contributed by atoms with Crippen molar-refractivity contribution < 1.29 is 21.7 Å². The van der Waals surface area contributed by atoms with Crippen molar-refractivity contribution in [2.45, 2.75) is 19.6 Å². The van der Waals surface area contributed by atoms with E-state index in [4.69, 9.17) is 0 Å². The van der Waals surface area contributed by atoms with Crippen LogP contribution in [-0.2, 0) is 0 Å². The fraction of sp³-hybridized carbons (Fsp3) is 0. The van der Waals surface area contributed by atoms with Crippen molar-refractivity contribution in [3.63, 3.8) is 0 Å². The molecule has 0 amide bonds. The summed E-state index contributed by atoms with van der Waals surface area (Å²) in [6.45, 7) is 0. The van der Waals surface area contributed by atoms with Crippen molar-refractivity contribution in [1.29, 1.82) is 0 Å². The van der Waals surface area contributed by atoms with E-state index >= 15 is 0 Å². The molecule has 1 aliphatic heterocycles. The lowest BCUT2D eigenvalue weighted by Gasteiger charge is -2.17. The monoisotopic (exact) mass is 321 g/mol. The lowest BCUT2D eigenvalue weighted by Crippen LogP contribution is -2.02. The van der Waals surface area contributed by atoms with E-state index in [1.54, 1.807) is 17.8 Å². The molecule has 2 aromatic carbocycles. The van der Waals surface area contributed by atoms with Crippen LogP contribution in [0.4, 0.5) is 21.7 Å². The van der Waals surface area contributed by atoms with Crippen LogP contribution in [0.2, 0.25) is 0 Å². The number of hydrogen-bond acceptors (Lipinski definition) is 2. The molecule has 0 spiro atoms. The van der Waals surface area contributed by atoms with Crippen molar-refractivity contribution in [3.8, 4) is 0 Å². The molecule has 1 heterocycles. The van der Waals surface area contributed by atoms with Crippen molar-refractivity contribution in [1.82, 2.24) is 0 Å². The summed E-state index contributed by atoms with van der Waals surface area (Å²) in [6, 6.07) is 13.3. The van der Waals surface area contributed by atoms with E-state index in [0.717, 1.165) is 14.7 Å². The molecule has 0 radical (unpaired) electrons. The van der Waals surface area contributed by atoms with Crippen molar-refractivity contribution in [3.05, 3.63) is 48.3 Å². The zero-order valence-electron chi connectivity index (χ0n) is 9.83. The molecule has 106 valence electrons. The van der Waals surface area contributed by atoms with Gasteiger partial charge in [0, 0.05) is 14.7 Å². The molecule has 0 N–H and O–H groups in total. The van der Waals surface area contributed by atoms with Gasteiger partial charge in [-0.05, 0) is 24.3 Å². The Labute approximate surface area is 120 Å². The second kappa shape index (κ2) is 6.09. The smallest absolute Gasteiger partial charge is 0.418 e. The molecule has 2 aromatic rings. The van der Waals surface area contributed by atoms with Crippen LogP contribution in [0.1, 0.15) is 0 Å². The van der Waals surface area contributed by atoms with Crippen LogP contribution in [0.5, 0.6) is 0 Å². The van der Waals surface area contributed by atoms with E-state index in [1.165, 1.54) is 22.7 Å². The van der Waals surface area contributed by atoms with Gasteiger partial charge in [0.2, 0.25) is 0 Å². The average molecular weight is 321 g/mol. The lowest BCUT2D eigenvalue weighted by molar-refractivity contribution is 0.368. The molecule has 0 saturated carbocycles. The van der Waals surface area contributed by atoms with Crippen LogP contribution in [-0.4, -0.2) is 7.25 Å². The van der Waals surface area contributed by atoms with Gasteiger partial charge in [0.15, 0.2) is 0 Å². The third kappa shape index (κ3) is 4.18. The summed E-state index contributed by atoms with van der Waals surface area (Å²) in [5, 5.41) is 0. The quantitative estimate of drug-likeness (QED) is 0.382. The van der Waals surface area contributed by atoms with Gasteiger partial charge in [0.1, 0.15) is 5.82 Å². The highest BCUT2D eigenvalue weighted by Gasteiger charge is 2.20. The fourth-order valence-electron chi connectivity index (χ4n) is 1.52. The zero-order valence-corrected chi connectivity index (χ0v) is 11.5. The molecular formula is C12H7BF5S2-. The van der Waals surface area contributed by atoms with Gasteiger partial charge in [-0.3, -0.25) is 0 Å². The minimum atomic E-state index is -6.00. The summed E-state index contributed by atoms with van der Waals surface area (Å²) in [4.78, 5) is 4.11. The average Bonchev–Trinajstić information content (AvgIpc) is 2.35. The number of rotatable bonds is 0. The van der Waals surface area contributed by atoms with E-state index in [1.807, 2.05) is 24.3 Å². The van der Waals surface area contributed by atoms with Gasteiger partial charge in [0.25, 0.3) is 0 Å². The Kier molecular flexibility index (Phi) is 4.64. The Morgan fingerprint density at radius 3 is 1.80 bits per heavy atom. The van der Waals surface area contributed by atoms with Crippen LogP contribution in [0.15, 0.2) is 62.0 Å². The molecule has 0 saturated heterocycles. The first kappa shape index (κ1) is 15.2. The number of hydrogen-bond donors (Lipinski definition) is 0. The molecule has 0 aromatic heterocycles. The first-order valence-corrected chi connectivity index (χ1v) is 7.08. The van der Waals surface area contributed by atoms with Gasteiger partial charge >= 0.3 is 7.25 Å². The molecular weight excluding hydrogens is 314 g/mol. The number of halogens is 5. The normalized spacial score (nSPS) is 12.8. The largest absolute Gasteiger partial charge is 0.673 e. The molecule has 1 aliphatic rings. The predicted octanol–water partition coefficient (Wildman–Crippen LogP) is 5.74. The molecule has 8 heteroatoms. The molecule has 0 nitrogen and oxygen atoms in total. The third-order valence-corrected chi connectivity index (χ3v) is 4.80. The Bertz CT molecular complexity index is 609. The Hall–Kier alpha value is -1.15. The second-order valence-electron chi connectivity index (χ2n) is 3.71. The van der Waals surface area contributed by atoms with E-state index in [-0.39, 0.29) is 5.82 Å². The summed E-state index contributed by atoms with van der Waals surface area (Å²) in [6.07, 6.45) is 0. The predicted molar refractivity (Wildman–Crippen MR) is 71.3 cm³/mol. The van der Waals surface area contributed by atoms with Crippen molar-refractivity contribution >= 4 is 30.8 Å². The molecule has 0 unspecified atom stereocenters. The maximum Gasteiger partial charge on any atom is 0.673 e. The van der Waals surface area contributed by atoms with E-state index < -0.39 is 7.25 Å². The molecule has 20 heavy (non-hydrogen) atoms. The second-order valence-corrected chi connectivity index (χ2v) is 5.85. The first-order valence-electron chi connectivity index (χ1n) is 5.45. The topological polar surface area (TPSA) is 0 Å². The van der Waals surface area contributed by atoms with E-state index in [0.29, 0.717) is 0 Å². The highest BCUT2D eigenvalue weighted by Crippen LogP contribution is 2.48. The highest BCUT2D eigenvalue weighted by molar-refractivity contribution is 8.05. The van der Waals surface area contributed by atoms with Crippen LogP contribution in [0.3, 0.4) is 0 Å². The van der Waals surface area contributed by atoms with Gasteiger partial charge in [-0.25, -0.2) is 4.39 Å². The number of benzene rings is 2. The molecule has 3 rings (SSSR count). The van der Waals surface area contributed by atoms with Gasteiger partial charge in [0.05, 0.1) is 4.90 Å². The van der Waals surface area contributed by atoms with Gasteiger partial charge in [-0.15, -0.1) is 0 Å². The molecule has 0 bridgehead atoms. The highest BCUT2D eigenvalue weighted by atomic mass is 32.2. The first-order chi connectivity index (χ1) is 9.34. The summed E-state index contributed by atoms with van der Waals surface area (Å²) >= 11 is 3.15. The Morgan fingerprint density at radius 1 is 0.700 bits per heavy atom. The molecule has 0 atom stereocenters. The van der Waals surface area contributed by atoms with Gasteiger partial charge < -0.3 is 17.3 Å². The fourth-order valence-corrected chi connectivity index (χ4v) is 3.77. The molecule has 0 aliphatic carbocycles. The van der Waals surface area contributed by atoms with Gasteiger partial charge in [-0.1, -0.05) is 41.7 Å². The zero-order chi connectivity index (χ0) is 14.8. The van der Waals surface area contributed by atoms with Crippen LogP contribution < -0.4 is 0 Å². The van der Waals surface area contributed by atoms with Crippen molar-refractivity contribution in [2.75, 3.05) is 0 Å². The maximum absolute atomic E-state index is 13.5. The van der Waals surface area contributed by atoms with Gasteiger partial charge in [-0.2, -0.15) is 0 Å². The van der Waals surface area contributed by atoms with E-state index in [2.05, 4.69) is 6.07 Å². The van der Waals surface area contributed by atoms with E-state index in [9.17, 15) is 21.7 Å². The minimum Gasteiger partial charge on any atom is -0.418 e. The summed E-state index contributed by atoms with van der Waals surface area (Å²) in [7, 11) is -6.00.